The molecule has 1 aliphatic rings. The van der Waals surface area contributed by atoms with E-state index in [1.54, 1.807) is 7.11 Å². The molecule has 19 heavy (non-hydrogen) atoms. The van der Waals surface area contributed by atoms with Crippen molar-refractivity contribution in [1.82, 2.24) is 5.32 Å². The Morgan fingerprint density at radius 1 is 1.42 bits per heavy atom. The van der Waals surface area contributed by atoms with Gasteiger partial charge in [-0.2, -0.15) is 0 Å². The highest BCUT2D eigenvalue weighted by Gasteiger charge is 2.43. The van der Waals surface area contributed by atoms with E-state index in [0.29, 0.717) is 6.42 Å². The maximum atomic E-state index is 11.1. The van der Waals surface area contributed by atoms with Crippen molar-refractivity contribution in [3.05, 3.63) is 29.8 Å². The topological polar surface area (TPSA) is 61.7 Å². The van der Waals surface area contributed by atoms with E-state index >= 15 is 0 Å². The number of aliphatic hydroxyl groups is 2. The maximum absolute atomic E-state index is 11.1. The molecular formula is C15H23NO3. The van der Waals surface area contributed by atoms with Crippen molar-refractivity contribution in [1.29, 1.82) is 0 Å². The summed E-state index contributed by atoms with van der Waals surface area (Å²) in [5.74, 6) is 0.835. The minimum Gasteiger partial charge on any atom is -0.497 e. The third-order valence-corrected chi connectivity index (χ3v) is 4.09. The normalized spacial score (nSPS) is 31.2. The Hall–Kier alpha value is -1.10. The van der Waals surface area contributed by atoms with Crippen molar-refractivity contribution in [3.8, 4) is 5.75 Å². The number of hydrogen-bond donors (Lipinski definition) is 3. The highest BCUT2D eigenvalue weighted by Crippen LogP contribution is 2.42. The lowest BCUT2D eigenvalue weighted by atomic mass is 9.70. The van der Waals surface area contributed by atoms with Crippen LogP contribution in [-0.2, 0) is 5.60 Å². The van der Waals surface area contributed by atoms with Gasteiger partial charge in [-0.3, -0.25) is 0 Å². The second kappa shape index (κ2) is 5.90. The molecule has 4 nitrogen and oxygen atoms in total. The van der Waals surface area contributed by atoms with Crippen molar-refractivity contribution >= 4 is 0 Å². The number of hydrogen-bond acceptors (Lipinski definition) is 4. The summed E-state index contributed by atoms with van der Waals surface area (Å²) in [5.41, 5.74) is -0.166. The average molecular weight is 265 g/mol. The Kier molecular flexibility index (Phi) is 4.45. The van der Waals surface area contributed by atoms with Crippen LogP contribution < -0.4 is 10.1 Å². The quantitative estimate of drug-likeness (QED) is 0.767. The minimum atomic E-state index is -0.991. The molecule has 0 aromatic heterocycles. The fourth-order valence-corrected chi connectivity index (χ4v) is 3.02. The van der Waals surface area contributed by atoms with Crippen LogP contribution in [0.25, 0.3) is 0 Å². The Bertz CT molecular complexity index is 424. The van der Waals surface area contributed by atoms with Gasteiger partial charge in [-0.1, -0.05) is 12.1 Å². The zero-order chi connectivity index (χ0) is 13.9. The first-order valence-corrected chi connectivity index (χ1v) is 6.79. The second-order valence-electron chi connectivity index (χ2n) is 5.35. The first-order valence-electron chi connectivity index (χ1n) is 6.79. The van der Waals surface area contributed by atoms with Gasteiger partial charge in [0, 0.05) is 18.9 Å². The van der Waals surface area contributed by atoms with E-state index in [-0.39, 0.29) is 5.92 Å². The summed E-state index contributed by atoms with van der Waals surface area (Å²) >= 11 is 0. The molecule has 0 heterocycles. The third kappa shape index (κ3) is 2.91. The standard InChI is InChI=1S/C15H23NO3/c1-16-10-12-6-7-13(17)9-15(12,18)11-4-3-5-14(8-11)19-2/h3-5,8,12-13,16-18H,6-7,9-10H2,1-2H3. The van der Waals surface area contributed by atoms with Crippen LogP contribution >= 0.6 is 0 Å². The van der Waals surface area contributed by atoms with Gasteiger partial charge in [0.05, 0.1) is 18.8 Å². The van der Waals surface area contributed by atoms with Gasteiger partial charge in [-0.05, 0) is 37.6 Å². The summed E-state index contributed by atoms with van der Waals surface area (Å²) < 4.78 is 5.22. The lowest BCUT2D eigenvalue weighted by Crippen LogP contribution is -2.46. The van der Waals surface area contributed by atoms with Crippen LogP contribution in [0.3, 0.4) is 0 Å². The third-order valence-electron chi connectivity index (χ3n) is 4.09. The highest BCUT2D eigenvalue weighted by atomic mass is 16.5. The Morgan fingerprint density at radius 3 is 2.89 bits per heavy atom. The summed E-state index contributed by atoms with van der Waals surface area (Å²) in [6, 6.07) is 7.51. The summed E-state index contributed by atoms with van der Waals surface area (Å²) in [5, 5.41) is 24.1. The number of benzene rings is 1. The molecule has 3 unspecified atom stereocenters. The van der Waals surface area contributed by atoms with Gasteiger partial charge in [-0.25, -0.2) is 0 Å². The zero-order valence-corrected chi connectivity index (χ0v) is 11.6. The summed E-state index contributed by atoms with van der Waals surface area (Å²) in [6.07, 6.45) is 1.50. The number of ether oxygens (including phenoxy) is 1. The Morgan fingerprint density at radius 2 is 2.21 bits per heavy atom. The van der Waals surface area contributed by atoms with E-state index in [9.17, 15) is 10.2 Å². The molecule has 0 spiro atoms. The number of rotatable bonds is 4. The lowest BCUT2D eigenvalue weighted by Gasteiger charge is -2.42. The van der Waals surface area contributed by atoms with Gasteiger partial charge in [0.25, 0.3) is 0 Å². The van der Waals surface area contributed by atoms with Crippen LogP contribution in [0.15, 0.2) is 24.3 Å². The Balaban J connectivity index is 2.34. The molecule has 4 heteroatoms. The molecule has 0 radical (unpaired) electrons. The van der Waals surface area contributed by atoms with Gasteiger partial charge >= 0.3 is 0 Å². The number of methoxy groups -OCH3 is 1. The van der Waals surface area contributed by atoms with Crippen molar-refractivity contribution in [2.45, 2.75) is 31.0 Å². The number of nitrogens with one attached hydrogen (secondary N) is 1. The molecule has 1 aromatic rings. The molecular weight excluding hydrogens is 242 g/mol. The van der Waals surface area contributed by atoms with Gasteiger partial charge < -0.3 is 20.3 Å². The van der Waals surface area contributed by atoms with E-state index in [2.05, 4.69) is 5.32 Å². The van der Waals surface area contributed by atoms with Gasteiger partial charge in [0.1, 0.15) is 5.75 Å². The molecule has 0 aliphatic heterocycles. The van der Waals surface area contributed by atoms with Crippen LogP contribution in [-0.4, -0.2) is 37.0 Å². The molecule has 1 fully saturated rings. The van der Waals surface area contributed by atoms with Crippen molar-refractivity contribution in [2.24, 2.45) is 5.92 Å². The van der Waals surface area contributed by atoms with Crippen LogP contribution in [0.2, 0.25) is 0 Å². The Labute approximate surface area is 114 Å². The molecule has 1 aromatic carbocycles. The lowest BCUT2D eigenvalue weighted by molar-refractivity contribution is -0.0926. The molecule has 0 bridgehead atoms. The molecule has 1 aliphatic carbocycles. The van der Waals surface area contributed by atoms with E-state index < -0.39 is 11.7 Å². The smallest absolute Gasteiger partial charge is 0.119 e. The van der Waals surface area contributed by atoms with Crippen LogP contribution in [0.1, 0.15) is 24.8 Å². The molecule has 106 valence electrons. The van der Waals surface area contributed by atoms with Crippen molar-refractivity contribution < 1.29 is 14.9 Å². The van der Waals surface area contributed by atoms with Gasteiger partial charge in [-0.15, -0.1) is 0 Å². The molecule has 1 saturated carbocycles. The van der Waals surface area contributed by atoms with Crippen molar-refractivity contribution in [2.75, 3.05) is 20.7 Å². The highest BCUT2D eigenvalue weighted by molar-refractivity contribution is 5.33. The minimum absolute atomic E-state index is 0.105. The first-order chi connectivity index (χ1) is 9.10. The van der Waals surface area contributed by atoms with E-state index in [1.165, 1.54) is 0 Å². The van der Waals surface area contributed by atoms with Crippen LogP contribution in [0.5, 0.6) is 5.75 Å². The average Bonchev–Trinajstić information content (AvgIpc) is 2.42. The van der Waals surface area contributed by atoms with Crippen LogP contribution in [0, 0.1) is 5.92 Å². The SMILES string of the molecule is CNCC1CCC(O)CC1(O)c1cccc(OC)c1. The molecule has 0 saturated heterocycles. The second-order valence-corrected chi connectivity index (χ2v) is 5.35. The molecule has 3 atom stereocenters. The zero-order valence-electron chi connectivity index (χ0n) is 11.6. The summed E-state index contributed by atoms with van der Waals surface area (Å²) in [7, 11) is 3.50. The summed E-state index contributed by atoms with van der Waals surface area (Å²) in [4.78, 5) is 0. The van der Waals surface area contributed by atoms with E-state index in [4.69, 9.17) is 4.74 Å². The predicted octanol–water partition coefficient (Wildman–Crippen LogP) is 1.26. The largest absolute Gasteiger partial charge is 0.497 e. The van der Waals surface area contributed by atoms with E-state index in [1.807, 2.05) is 31.3 Å². The number of aliphatic hydroxyl groups excluding tert-OH is 1. The first kappa shape index (κ1) is 14.3. The fourth-order valence-electron chi connectivity index (χ4n) is 3.02. The van der Waals surface area contributed by atoms with Crippen LogP contribution in [0.4, 0.5) is 0 Å². The fraction of sp³-hybridized carbons (Fsp3) is 0.600. The monoisotopic (exact) mass is 265 g/mol. The molecule has 2 rings (SSSR count). The van der Waals surface area contributed by atoms with Gasteiger partial charge in [0.2, 0.25) is 0 Å². The molecule has 0 amide bonds. The maximum Gasteiger partial charge on any atom is 0.119 e. The molecule has 3 N–H and O–H groups in total. The summed E-state index contributed by atoms with van der Waals surface area (Å²) in [6.45, 7) is 0.737. The van der Waals surface area contributed by atoms with Crippen molar-refractivity contribution in [3.63, 3.8) is 0 Å². The van der Waals surface area contributed by atoms with E-state index in [0.717, 1.165) is 30.7 Å². The van der Waals surface area contributed by atoms with Gasteiger partial charge in [0.15, 0.2) is 0 Å². The predicted molar refractivity (Wildman–Crippen MR) is 74.2 cm³/mol.